The molecule has 10 nitrogen and oxygen atoms in total. The van der Waals surface area contributed by atoms with Crippen LogP contribution in [-0.4, -0.2) is 52.8 Å². The van der Waals surface area contributed by atoms with Crippen molar-refractivity contribution in [3.63, 3.8) is 0 Å². The Morgan fingerprint density at radius 3 is 2.43 bits per heavy atom. The molecule has 0 unspecified atom stereocenters. The maximum atomic E-state index is 13.1. The fraction of sp³-hybridized carbons (Fsp3) is 0.389. The summed E-state index contributed by atoms with van der Waals surface area (Å²) in [5, 5.41) is 14.3. The third-order valence-corrected chi connectivity index (χ3v) is 4.35. The number of nitrogens with two attached hydrogens (primary N) is 1. The average molecular weight is 390 g/mol. The molecule has 1 heterocycles. The number of carboxylic acid groups (broad SMARTS) is 1. The van der Waals surface area contributed by atoms with Crippen LogP contribution in [0.4, 0.5) is 5.69 Å². The number of amides is 4. The first-order valence-corrected chi connectivity index (χ1v) is 8.69. The van der Waals surface area contributed by atoms with Gasteiger partial charge in [-0.1, -0.05) is 18.2 Å². The summed E-state index contributed by atoms with van der Waals surface area (Å²) in [4.78, 5) is 60.7. The third kappa shape index (κ3) is 5.06. The molecule has 0 spiro atoms. The predicted octanol–water partition coefficient (Wildman–Crippen LogP) is -0.868. The van der Waals surface area contributed by atoms with Crippen LogP contribution in [0.2, 0.25) is 0 Å². The molecule has 1 fully saturated rings. The van der Waals surface area contributed by atoms with Crippen LogP contribution in [0.15, 0.2) is 30.3 Å². The molecular weight excluding hydrogens is 368 g/mol. The van der Waals surface area contributed by atoms with Gasteiger partial charge >= 0.3 is 5.97 Å². The second-order valence-corrected chi connectivity index (χ2v) is 6.45. The van der Waals surface area contributed by atoms with Crippen molar-refractivity contribution in [3.8, 4) is 0 Å². The molecule has 1 aliphatic heterocycles. The van der Waals surface area contributed by atoms with E-state index in [2.05, 4.69) is 10.6 Å². The van der Waals surface area contributed by atoms with Crippen molar-refractivity contribution in [3.05, 3.63) is 30.3 Å². The zero-order valence-corrected chi connectivity index (χ0v) is 15.3. The van der Waals surface area contributed by atoms with E-state index in [9.17, 15) is 29.1 Å². The average Bonchev–Trinajstić information content (AvgIpc) is 3.08. The van der Waals surface area contributed by atoms with Gasteiger partial charge in [0.2, 0.25) is 17.7 Å². The van der Waals surface area contributed by atoms with Crippen molar-refractivity contribution in [2.75, 3.05) is 4.90 Å². The molecule has 150 valence electrons. The highest BCUT2D eigenvalue weighted by Gasteiger charge is 2.36. The maximum Gasteiger partial charge on any atom is 0.326 e. The van der Waals surface area contributed by atoms with Crippen LogP contribution in [0.3, 0.4) is 0 Å². The number of carbonyl (C=O) groups is 5. The van der Waals surface area contributed by atoms with Gasteiger partial charge in [0, 0.05) is 12.1 Å². The molecule has 1 aromatic carbocycles. The van der Waals surface area contributed by atoms with E-state index in [4.69, 9.17) is 5.73 Å². The fourth-order valence-electron chi connectivity index (χ4n) is 2.89. The van der Waals surface area contributed by atoms with E-state index in [1.807, 2.05) is 0 Å². The van der Waals surface area contributed by atoms with E-state index < -0.39 is 48.2 Å². The normalized spacial score (nSPS) is 17.9. The number of rotatable bonds is 8. The Bertz CT molecular complexity index is 782. The summed E-state index contributed by atoms with van der Waals surface area (Å²) in [5.74, 6) is -3.82. The Morgan fingerprint density at radius 2 is 1.93 bits per heavy atom. The number of hydrogen-bond acceptors (Lipinski definition) is 5. The van der Waals surface area contributed by atoms with Crippen LogP contribution in [0.1, 0.15) is 26.2 Å². The van der Waals surface area contributed by atoms with E-state index in [0.717, 1.165) is 4.90 Å². The highest BCUT2D eigenvalue weighted by atomic mass is 16.4. The third-order valence-electron chi connectivity index (χ3n) is 4.35. The molecule has 1 aromatic rings. The van der Waals surface area contributed by atoms with Gasteiger partial charge in [0.15, 0.2) is 0 Å². The summed E-state index contributed by atoms with van der Waals surface area (Å²) in [5.41, 5.74) is 5.50. The Kier molecular flexibility index (Phi) is 6.69. The number of carboxylic acids is 1. The van der Waals surface area contributed by atoms with Gasteiger partial charge in [0.25, 0.3) is 5.91 Å². The predicted molar refractivity (Wildman–Crippen MR) is 97.9 cm³/mol. The van der Waals surface area contributed by atoms with Crippen molar-refractivity contribution < 1.29 is 29.1 Å². The van der Waals surface area contributed by atoms with E-state index in [1.54, 1.807) is 18.2 Å². The minimum atomic E-state index is -1.37. The van der Waals surface area contributed by atoms with Crippen molar-refractivity contribution in [2.24, 2.45) is 5.73 Å². The lowest BCUT2D eigenvalue weighted by Crippen LogP contribution is -2.56. The highest BCUT2D eigenvalue weighted by molar-refractivity contribution is 6.05. The SMILES string of the molecule is C[C@@H](C(=O)O)N(C(=O)[C@H](CC(N)=O)NC(=O)[C@@H]1CCC(=O)N1)c1ccccc1. The minimum Gasteiger partial charge on any atom is -0.480 e. The van der Waals surface area contributed by atoms with Gasteiger partial charge in [-0.15, -0.1) is 0 Å². The molecule has 0 bridgehead atoms. The second kappa shape index (κ2) is 8.98. The first kappa shape index (κ1) is 20.9. The van der Waals surface area contributed by atoms with E-state index in [-0.39, 0.29) is 18.7 Å². The minimum absolute atomic E-state index is 0.179. The van der Waals surface area contributed by atoms with Crippen molar-refractivity contribution in [1.82, 2.24) is 10.6 Å². The molecular formula is C18H22N4O6. The van der Waals surface area contributed by atoms with Crippen LogP contribution in [-0.2, 0) is 24.0 Å². The van der Waals surface area contributed by atoms with Gasteiger partial charge in [0.05, 0.1) is 6.42 Å². The molecule has 4 amide bonds. The van der Waals surface area contributed by atoms with Crippen molar-refractivity contribution in [2.45, 2.75) is 44.3 Å². The summed E-state index contributed by atoms with van der Waals surface area (Å²) in [6.45, 7) is 1.31. The second-order valence-electron chi connectivity index (χ2n) is 6.45. The largest absolute Gasteiger partial charge is 0.480 e. The number of carbonyl (C=O) groups excluding carboxylic acids is 4. The Balaban J connectivity index is 2.29. The summed E-state index contributed by atoms with van der Waals surface area (Å²) in [7, 11) is 0. The molecule has 0 aliphatic carbocycles. The van der Waals surface area contributed by atoms with Crippen LogP contribution >= 0.6 is 0 Å². The lowest BCUT2D eigenvalue weighted by molar-refractivity contribution is -0.140. The molecule has 1 aliphatic rings. The van der Waals surface area contributed by atoms with Crippen LogP contribution < -0.4 is 21.3 Å². The molecule has 28 heavy (non-hydrogen) atoms. The molecule has 0 radical (unpaired) electrons. The lowest BCUT2D eigenvalue weighted by Gasteiger charge is -2.31. The number of anilines is 1. The summed E-state index contributed by atoms with van der Waals surface area (Å²) >= 11 is 0. The van der Waals surface area contributed by atoms with E-state index in [1.165, 1.54) is 19.1 Å². The molecule has 5 N–H and O–H groups in total. The highest BCUT2D eigenvalue weighted by Crippen LogP contribution is 2.19. The molecule has 10 heteroatoms. The number of para-hydroxylation sites is 1. The fourth-order valence-corrected chi connectivity index (χ4v) is 2.89. The zero-order chi connectivity index (χ0) is 20.8. The number of primary amides is 1. The first-order chi connectivity index (χ1) is 13.2. The number of hydrogen-bond donors (Lipinski definition) is 4. The number of nitrogens with one attached hydrogen (secondary N) is 2. The van der Waals surface area contributed by atoms with Gasteiger partial charge in [-0.25, -0.2) is 4.79 Å². The Labute approximate surface area is 161 Å². The van der Waals surface area contributed by atoms with Crippen LogP contribution in [0.5, 0.6) is 0 Å². The first-order valence-electron chi connectivity index (χ1n) is 8.69. The number of aliphatic carboxylic acids is 1. The van der Waals surface area contributed by atoms with Gasteiger partial charge < -0.3 is 21.5 Å². The summed E-state index contributed by atoms with van der Waals surface area (Å²) < 4.78 is 0. The van der Waals surface area contributed by atoms with Crippen LogP contribution in [0, 0.1) is 0 Å². The zero-order valence-electron chi connectivity index (χ0n) is 15.3. The van der Waals surface area contributed by atoms with Gasteiger partial charge in [0.1, 0.15) is 18.1 Å². The topological polar surface area (TPSA) is 159 Å². The number of nitrogens with zero attached hydrogens (tertiary/aromatic N) is 1. The number of benzene rings is 1. The lowest BCUT2D eigenvalue weighted by atomic mass is 10.1. The van der Waals surface area contributed by atoms with Gasteiger partial charge in [-0.3, -0.25) is 24.1 Å². The van der Waals surface area contributed by atoms with E-state index in [0.29, 0.717) is 5.69 Å². The molecule has 1 saturated heterocycles. The smallest absolute Gasteiger partial charge is 0.326 e. The monoisotopic (exact) mass is 390 g/mol. The van der Waals surface area contributed by atoms with E-state index >= 15 is 0 Å². The van der Waals surface area contributed by atoms with Crippen LogP contribution in [0.25, 0.3) is 0 Å². The quantitative estimate of drug-likeness (QED) is 0.452. The molecule has 2 rings (SSSR count). The summed E-state index contributed by atoms with van der Waals surface area (Å²) in [6, 6.07) is 4.58. The van der Waals surface area contributed by atoms with Crippen molar-refractivity contribution >= 4 is 35.3 Å². The molecule has 0 saturated carbocycles. The van der Waals surface area contributed by atoms with Crippen molar-refractivity contribution in [1.29, 1.82) is 0 Å². The Hall–Kier alpha value is -3.43. The molecule has 0 aromatic heterocycles. The van der Waals surface area contributed by atoms with Gasteiger partial charge in [-0.05, 0) is 25.5 Å². The standard InChI is InChI=1S/C18H22N4O6/c1-10(18(27)28)22(11-5-3-2-4-6-11)17(26)13(9-14(19)23)21-16(25)12-7-8-15(24)20-12/h2-6,10,12-13H,7-9H2,1H3,(H2,19,23)(H,20,24)(H,21,25)(H,27,28)/t10-,12-,13-/m0/s1. The molecule has 3 atom stereocenters. The maximum absolute atomic E-state index is 13.1. The van der Waals surface area contributed by atoms with Gasteiger partial charge in [-0.2, -0.15) is 0 Å². The summed E-state index contributed by atoms with van der Waals surface area (Å²) in [6.07, 6.45) is -0.0737. The Morgan fingerprint density at radius 1 is 1.29 bits per heavy atom.